The minimum Gasteiger partial charge on any atom is -0.508 e. The molecule has 2 rings (SSSR count). The van der Waals surface area contributed by atoms with Gasteiger partial charge in [-0.2, -0.15) is 0 Å². The van der Waals surface area contributed by atoms with Crippen LogP contribution in [0.5, 0.6) is 5.75 Å². The Kier molecular flexibility index (Phi) is 6.18. The lowest BCUT2D eigenvalue weighted by atomic mass is 9.92. The van der Waals surface area contributed by atoms with Crippen LogP contribution in [-0.4, -0.2) is 17.9 Å². The van der Waals surface area contributed by atoms with E-state index < -0.39 is 0 Å². The molecule has 1 N–H and O–H groups in total. The zero-order valence-corrected chi connectivity index (χ0v) is 16.4. The van der Waals surface area contributed by atoms with Gasteiger partial charge in [-0.25, -0.2) is 0 Å². The van der Waals surface area contributed by atoms with E-state index in [1.54, 1.807) is 6.07 Å². The molecule has 0 saturated carbocycles. The minimum atomic E-state index is -0.0414. The first-order valence-corrected chi connectivity index (χ1v) is 9.59. The van der Waals surface area contributed by atoms with Crippen molar-refractivity contribution >= 4 is 19.6 Å². The lowest BCUT2D eigenvalue weighted by Crippen LogP contribution is -2.25. The highest BCUT2D eigenvalue weighted by Gasteiger charge is 2.32. The average molecular weight is 341 g/mol. The number of benzene rings is 2. The van der Waals surface area contributed by atoms with E-state index in [9.17, 15) is 5.11 Å². The number of rotatable bonds is 6. The maximum Gasteiger partial charge on any atom is 0.119 e. The van der Waals surface area contributed by atoms with Crippen LogP contribution in [0.2, 0.25) is 0 Å². The maximum atomic E-state index is 10.5. The summed E-state index contributed by atoms with van der Waals surface area (Å²) < 4.78 is 0. The highest BCUT2D eigenvalue weighted by atomic mass is 31.1. The van der Waals surface area contributed by atoms with Crippen molar-refractivity contribution in [1.29, 1.82) is 0 Å². The third-order valence-electron chi connectivity index (χ3n) is 4.99. The van der Waals surface area contributed by atoms with Gasteiger partial charge in [0.15, 0.2) is 0 Å². The summed E-state index contributed by atoms with van der Waals surface area (Å²) >= 11 is 0. The molecule has 0 bridgehead atoms. The number of phenolic OH excluding ortho intramolecular Hbond substituents is 1. The first kappa shape index (κ1) is 18.7. The topological polar surface area (TPSA) is 32.6 Å². The predicted octanol–water partition coefficient (Wildman–Crippen LogP) is 5.16. The quantitative estimate of drug-likeness (QED) is 0.571. The summed E-state index contributed by atoms with van der Waals surface area (Å²) in [5.41, 5.74) is 4.67. The van der Waals surface area contributed by atoms with E-state index in [-0.39, 0.29) is 5.16 Å². The van der Waals surface area contributed by atoms with E-state index in [1.807, 2.05) is 19.2 Å². The monoisotopic (exact) mass is 341 g/mol. The molecule has 3 heteroatoms. The number of phenols is 1. The molecule has 0 amide bonds. The van der Waals surface area contributed by atoms with Crippen LogP contribution < -0.4 is 5.30 Å². The summed E-state index contributed by atoms with van der Waals surface area (Å²) in [6, 6.07) is 14.2. The molecule has 0 heterocycles. The molecule has 1 atom stereocenters. The second-order valence-corrected chi connectivity index (χ2v) is 7.94. The lowest BCUT2D eigenvalue weighted by molar-refractivity contribution is 0.448. The van der Waals surface area contributed by atoms with E-state index >= 15 is 0 Å². The van der Waals surface area contributed by atoms with Crippen molar-refractivity contribution in [3.05, 3.63) is 59.2 Å². The third kappa shape index (κ3) is 3.54. The second-order valence-electron chi connectivity index (χ2n) is 6.24. The number of hydrogen-bond donors (Lipinski definition) is 1. The minimum absolute atomic E-state index is 0.0414. The fourth-order valence-corrected chi connectivity index (χ4v) is 5.11. The summed E-state index contributed by atoms with van der Waals surface area (Å²) in [4.78, 5) is 4.40. The fourth-order valence-electron chi connectivity index (χ4n) is 3.25. The van der Waals surface area contributed by atoms with Crippen molar-refractivity contribution in [1.82, 2.24) is 0 Å². The Morgan fingerprint density at radius 2 is 1.75 bits per heavy atom. The average Bonchev–Trinajstić information content (AvgIpc) is 2.61. The maximum absolute atomic E-state index is 10.5. The molecule has 0 spiro atoms. The number of nitrogens with zero attached hydrogens (tertiary/aromatic N) is 1. The molecule has 0 fully saturated rings. The molecule has 1 unspecified atom stereocenters. The predicted molar refractivity (Wildman–Crippen MR) is 108 cm³/mol. The molecule has 0 aliphatic rings. The van der Waals surface area contributed by atoms with Gasteiger partial charge in [-0.15, -0.1) is 0 Å². The SMILES string of the molecule is CCC(CC)(Pc1c(C)cccc1/C(C)=N/C)c1ccccc1O. The van der Waals surface area contributed by atoms with Gasteiger partial charge in [0.25, 0.3) is 0 Å². The molecule has 0 aliphatic heterocycles. The zero-order chi connectivity index (χ0) is 17.7. The Morgan fingerprint density at radius 1 is 1.08 bits per heavy atom. The normalized spacial score (nSPS) is 13.0. The summed E-state index contributed by atoms with van der Waals surface area (Å²) in [5, 5.41) is 11.8. The van der Waals surface area contributed by atoms with Crippen LogP contribution in [0.4, 0.5) is 0 Å². The van der Waals surface area contributed by atoms with Crippen LogP contribution in [0.1, 0.15) is 50.3 Å². The Labute approximate surface area is 147 Å². The summed E-state index contributed by atoms with van der Waals surface area (Å²) in [5.74, 6) is 0.407. The van der Waals surface area contributed by atoms with E-state index in [2.05, 4.69) is 57.0 Å². The molecule has 0 radical (unpaired) electrons. The Bertz CT molecular complexity index is 732. The second kappa shape index (κ2) is 7.94. The lowest BCUT2D eigenvalue weighted by Gasteiger charge is -2.34. The smallest absolute Gasteiger partial charge is 0.119 e. The molecule has 0 saturated heterocycles. The van der Waals surface area contributed by atoms with Gasteiger partial charge >= 0.3 is 0 Å². The first-order chi connectivity index (χ1) is 11.5. The van der Waals surface area contributed by atoms with Crippen molar-refractivity contribution < 1.29 is 5.11 Å². The van der Waals surface area contributed by atoms with Crippen molar-refractivity contribution in [2.75, 3.05) is 7.05 Å². The van der Waals surface area contributed by atoms with E-state index in [0.29, 0.717) is 14.3 Å². The molecule has 24 heavy (non-hydrogen) atoms. The molecular weight excluding hydrogens is 313 g/mol. The van der Waals surface area contributed by atoms with Crippen LogP contribution in [0.15, 0.2) is 47.5 Å². The molecule has 2 nitrogen and oxygen atoms in total. The van der Waals surface area contributed by atoms with E-state index in [4.69, 9.17) is 0 Å². The number of aromatic hydroxyl groups is 1. The van der Waals surface area contributed by atoms with Gasteiger partial charge in [-0.1, -0.05) is 58.8 Å². The van der Waals surface area contributed by atoms with Crippen molar-refractivity contribution in [2.45, 2.75) is 45.7 Å². The van der Waals surface area contributed by atoms with Gasteiger partial charge in [0.2, 0.25) is 0 Å². The van der Waals surface area contributed by atoms with Crippen LogP contribution in [0.25, 0.3) is 0 Å². The first-order valence-electron chi connectivity index (χ1n) is 8.59. The summed E-state index contributed by atoms with van der Waals surface area (Å²) in [6.45, 7) is 8.70. The van der Waals surface area contributed by atoms with Gasteiger partial charge in [-0.05, 0) is 43.6 Å². The van der Waals surface area contributed by atoms with Gasteiger partial charge < -0.3 is 5.11 Å². The number of aryl methyl sites for hydroxylation is 1. The van der Waals surface area contributed by atoms with E-state index in [0.717, 1.165) is 24.1 Å². The van der Waals surface area contributed by atoms with Crippen LogP contribution in [0, 0.1) is 6.92 Å². The Hall–Kier alpha value is -1.66. The summed E-state index contributed by atoms with van der Waals surface area (Å²) in [6.07, 6.45) is 1.99. The van der Waals surface area contributed by atoms with Crippen molar-refractivity contribution in [3.63, 3.8) is 0 Å². The Morgan fingerprint density at radius 3 is 2.33 bits per heavy atom. The van der Waals surface area contributed by atoms with Crippen molar-refractivity contribution in [2.24, 2.45) is 4.99 Å². The largest absolute Gasteiger partial charge is 0.508 e. The van der Waals surface area contributed by atoms with Crippen LogP contribution >= 0.6 is 8.58 Å². The molecule has 0 aliphatic carbocycles. The van der Waals surface area contributed by atoms with E-state index in [1.165, 1.54) is 16.4 Å². The molecular formula is C21H28NOP. The molecule has 0 aromatic heterocycles. The molecule has 2 aromatic carbocycles. The molecule has 2 aromatic rings. The van der Waals surface area contributed by atoms with Gasteiger partial charge in [-0.3, -0.25) is 4.99 Å². The van der Waals surface area contributed by atoms with Gasteiger partial charge in [0, 0.05) is 29.0 Å². The number of aliphatic imine (C=N–C) groups is 1. The van der Waals surface area contributed by atoms with Gasteiger partial charge in [0.1, 0.15) is 5.75 Å². The summed E-state index contributed by atoms with van der Waals surface area (Å²) in [7, 11) is 2.44. The van der Waals surface area contributed by atoms with Crippen LogP contribution in [0.3, 0.4) is 0 Å². The fraction of sp³-hybridized carbons (Fsp3) is 0.381. The highest BCUT2D eigenvalue weighted by molar-refractivity contribution is 7.49. The van der Waals surface area contributed by atoms with Gasteiger partial charge in [0.05, 0.1) is 0 Å². The van der Waals surface area contributed by atoms with Crippen molar-refractivity contribution in [3.8, 4) is 5.75 Å². The highest BCUT2D eigenvalue weighted by Crippen LogP contribution is 2.50. The van der Waals surface area contributed by atoms with Crippen LogP contribution in [-0.2, 0) is 5.16 Å². The standard InChI is InChI=1S/C21H28NOP/c1-6-21(7-2,18-13-8-9-14-19(18)23)24-20-15(3)11-10-12-17(20)16(4)22-5/h8-14,23-24H,6-7H2,1-5H3/b22-16+. The Balaban J connectivity index is 2.60. The number of para-hydroxylation sites is 1. The molecule has 128 valence electrons. The number of hydrogen-bond acceptors (Lipinski definition) is 2. The third-order valence-corrected chi connectivity index (χ3v) is 7.36. The zero-order valence-electron chi connectivity index (χ0n) is 15.4.